The average Bonchev–Trinajstić information content (AvgIpc) is 2.53. The molecule has 0 radical (unpaired) electrons. The van der Waals surface area contributed by atoms with E-state index in [4.69, 9.17) is 0 Å². The van der Waals surface area contributed by atoms with Crippen molar-refractivity contribution in [3.05, 3.63) is 59.9 Å². The number of amides is 1. The second kappa shape index (κ2) is 8.29. The summed E-state index contributed by atoms with van der Waals surface area (Å²) in [6, 6.07) is 11.9. The molecule has 0 aliphatic heterocycles. The molecule has 0 saturated carbocycles. The quantitative estimate of drug-likeness (QED) is 0.771. The molecule has 0 saturated heterocycles. The lowest BCUT2D eigenvalue weighted by molar-refractivity contribution is -0.116. The Morgan fingerprint density at radius 2 is 2.00 bits per heavy atom. The summed E-state index contributed by atoms with van der Waals surface area (Å²) < 4.78 is 0. The SMILES string of the molecule is CC(C)c1ccccc1NC(=O)CCNCc1cccnc1. The van der Waals surface area contributed by atoms with Crippen molar-refractivity contribution in [1.82, 2.24) is 10.3 Å². The monoisotopic (exact) mass is 297 g/mol. The molecular weight excluding hydrogens is 274 g/mol. The number of aromatic nitrogens is 1. The van der Waals surface area contributed by atoms with Crippen LogP contribution in [-0.2, 0) is 11.3 Å². The third-order valence-corrected chi connectivity index (χ3v) is 3.44. The number of para-hydroxylation sites is 1. The third kappa shape index (κ3) is 4.97. The molecule has 0 aliphatic rings. The summed E-state index contributed by atoms with van der Waals surface area (Å²) in [7, 11) is 0. The number of rotatable bonds is 7. The summed E-state index contributed by atoms with van der Waals surface area (Å²) in [6.45, 7) is 5.62. The molecule has 0 bridgehead atoms. The van der Waals surface area contributed by atoms with Crippen molar-refractivity contribution in [2.45, 2.75) is 32.7 Å². The average molecular weight is 297 g/mol. The smallest absolute Gasteiger partial charge is 0.225 e. The Bertz CT molecular complexity index is 596. The maximum atomic E-state index is 12.0. The lowest BCUT2D eigenvalue weighted by atomic mass is 10.0. The van der Waals surface area contributed by atoms with E-state index in [-0.39, 0.29) is 5.91 Å². The highest BCUT2D eigenvalue weighted by molar-refractivity contribution is 5.91. The van der Waals surface area contributed by atoms with Crippen molar-refractivity contribution in [2.24, 2.45) is 0 Å². The molecule has 0 aliphatic carbocycles. The van der Waals surface area contributed by atoms with Gasteiger partial charge in [-0.2, -0.15) is 0 Å². The molecule has 22 heavy (non-hydrogen) atoms. The molecule has 2 N–H and O–H groups in total. The number of carbonyl (C=O) groups excluding carboxylic acids is 1. The lowest BCUT2D eigenvalue weighted by Gasteiger charge is -2.13. The first-order valence-electron chi connectivity index (χ1n) is 7.65. The third-order valence-electron chi connectivity index (χ3n) is 3.44. The molecule has 1 aromatic heterocycles. The molecule has 0 spiro atoms. The van der Waals surface area contributed by atoms with Crippen molar-refractivity contribution in [2.75, 3.05) is 11.9 Å². The van der Waals surface area contributed by atoms with Gasteiger partial charge in [0.15, 0.2) is 0 Å². The lowest BCUT2D eigenvalue weighted by Crippen LogP contribution is -2.22. The largest absolute Gasteiger partial charge is 0.326 e. The highest BCUT2D eigenvalue weighted by atomic mass is 16.1. The van der Waals surface area contributed by atoms with E-state index in [0.717, 1.165) is 17.8 Å². The number of carbonyl (C=O) groups is 1. The summed E-state index contributed by atoms with van der Waals surface area (Å²) in [6.07, 6.45) is 4.03. The van der Waals surface area contributed by atoms with Crippen molar-refractivity contribution >= 4 is 11.6 Å². The van der Waals surface area contributed by atoms with Gasteiger partial charge < -0.3 is 10.6 Å². The van der Waals surface area contributed by atoms with Gasteiger partial charge in [-0.25, -0.2) is 0 Å². The Hall–Kier alpha value is -2.20. The van der Waals surface area contributed by atoms with Gasteiger partial charge in [0.2, 0.25) is 5.91 Å². The van der Waals surface area contributed by atoms with Crippen LogP contribution in [0.3, 0.4) is 0 Å². The van der Waals surface area contributed by atoms with Gasteiger partial charge >= 0.3 is 0 Å². The maximum absolute atomic E-state index is 12.0. The predicted octanol–water partition coefficient (Wildman–Crippen LogP) is 3.32. The zero-order chi connectivity index (χ0) is 15.8. The van der Waals surface area contributed by atoms with Crippen LogP contribution in [0.1, 0.15) is 37.3 Å². The Morgan fingerprint density at radius 1 is 1.18 bits per heavy atom. The normalized spacial score (nSPS) is 10.7. The van der Waals surface area contributed by atoms with E-state index in [1.165, 1.54) is 5.56 Å². The van der Waals surface area contributed by atoms with Gasteiger partial charge in [-0.1, -0.05) is 38.1 Å². The fourth-order valence-corrected chi connectivity index (χ4v) is 2.26. The first-order chi connectivity index (χ1) is 10.7. The molecule has 0 unspecified atom stereocenters. The molecule has 1 amide bonds. The molecule has 4 nitrogen and oxygen atoms in total. The van der Waals surface area contributed by atoms with Crippen LogP contribution < -0.4 is 10.6 Å². The van der Waals surface area contributed by atoms with Crippen LogP contribution in [0.2, 0.25) is 0 Å². The second-order valence-corrected chi connectivity index (χ2v) is 5.58. The number of benzene rings is 1. The second-order valence-electron chi connectivity index (χ2n) is 5.58. The van der Waals surface area contributed by atoms with Crippen molar-refractivity contribution in [1.29, 1.82) is 0 Å². The Labute approximate surface area is 132 Å². The van der Waals surface area contributed by atoms with Gasteiger partial charge in [0.1, 0.15) is 0 Å². The van der Waals surface area contributed by atoms with Gasteiger partial charge in [-0.3, -0.25) is 9.78 Å². The molecule has 0 fully saturated rings. The molecule has 1 aromatic carbocycles. The summed E-state index contributed by atoms with van der Waals surface area (Å²) in [5.74, 6) is 0.423. The van der Waals surface area contributed by atoms with Crippen molar-refractivity contribution < 1.29 is 4.79 Å². The number of nitrogens with one attached hydrogen (secondary N) is 2. The summed E-state index contributed by atoms with van der Waals surface area (Å²) in [5, 5.41) is 6.25. The molecule has 0 atom stereocenters. The minimum absolute atomic E-state index is 0.0341. The molecular formula is C18H23N3O. The molecule has 1 heterocycles. The van der Waals surface area contributed by atoms with Crippen LogP contribution in [0.4, 0.5) is 5.69 Å². The zero-order valence-electron chi connectivity index (χ0n) is 13.2. The van der Waals surface area contributed by atoms with Gasteiger partial charge in [0.25, 0.3) is 0 Å². The van der Waals surface area contributed by atoms with Crippen LogP contribution in [-0.4, -0.2) is 17.4 Å². The number of hydrogen-bond acceptors (Lipinski definition) is 3. The highest BCUT2D eigenvalue weighted by Crippen LogP contribution is 2.23. The number of hydrogen-bond donors (Lipinski definition) is 2. The van der Waals surface area contributed by atoms with Gasteiger partial charge in [-0.05, 0) is 29.2 Å². The van der Waals surface area contributed by atoms with Crippen LogP contribution >= 0.6 is 0 Å². The van der Waals surface area contributed by atoms with E-state index in [0.29, 0.717) is 18.9 Å². The predicted molar refractivity (Wildman–Crippen MR) is 89.7 cm³/mol. The van der Waals surface area contributed by atoms with Gasteiger partial charge in [0, 0.05) is 37.6 Å². The zero-order valence-corrected chi connectivity index (χ0v) is 13.2. The molecule has 4 heteroatoms. The van der Waals surface area contributed by atoms with Crippen molar-refractivity contribution in [3.63, 3.8) is 0 Å². The number of anilines is 1. The minimum Gasteiger partial charge on any atom is -0.326 e. The summed E-state index contributed by atoms with van der Waals surface area (Å²) in [4.78, 5) is 16.1. The van der Waals surface area contributed by atoms with Crippen LogP contribution in [0, 0.1) is 0 Å². The van der Waals surface area contributed by atoms with E-state index in [1.807, 2.05) is 36.5 Å². The Kier molecular flexibility index (Phi) is 6.10. The fraction of sp³-hybridized carbons (Fsp3) is 0.333. The van der Waals surface area contributed by atoms with Gasteiger partial charge in [0.05, 0.1) is 0 Å². The molecule has 2 rings (SSSR count). The maximum Gasteiger partial charge on any atom is 0.225 e. The first kappa shape index (κ1) is 16.2. The minimum atomic E-state index is 0.0341. The number of pyridine rings is 1. The number of nitrogens with zero attached hydrogens (tertiary/aromatic N) is 1. The van der Waals surface area contributed by atoms with E-state index in [2.05, 4.69) is 35.5 Å². The first-order valence-corrected chi connectivity index (χ1v) is 7.65. The van der Waals surface area contributed by atoms with Crippen LogP contribution in [0.5, 0.6) is 0 Å². The van der Waals surface area contributed by atoms with E-state index < -0.39 is 0 Å². The van der Waals surface area contributed by atoms with Crippen LogP contribution in [0.15, 0.2) is 48.8 Å². The molecule has 116 valence electrons. The van der Waals surface area contributed by atoms with Crippen molar-refractivity contribution in [3.8, 4) is 0 Å². The van der Waals surface area contributed by atoms with E-state index in [9.17, 15) is 4.79 Å². The summed E-state index contributed by atoms with van der Waals surface area (Å²) >= 11 is 0. The van der Waals surface area contributed by atoms with Crippen LogP contribution in [0.25, 0.3) is 0 Å². The topological polar surface area (TPSA) is 54.0 Å². The fourth-order valence-electron chi connectivity index (χ4n) is 2.26. The highest BCUT2D eigenvalue weighted by Gasteiger charge is 2.08. The van der Waals surface area contributed by atoms with Gasteiger partial charge in [-0.15, -0.1) is 0 Å². The standard InChI is InChI=1S/C18H23N3O/c1-14(2)16-7-3-4-8-17(16)21-18(22)9-11-20-13-15-6-5-10-19-12-15/h3-8,10,12,14,20H,9,11,13H2,1-2H3,(H,21,22). The Morgan fingerprint density at radius 3 is 2.73 bits per heavy atom. The van der Waals surface area contributed by atoms with E-state index in [1.54, 1.807) is 6.20 Å². The Balaban J connectivity index is 1.77. The van der Waals surface area contributed by atoms with E-state index >= 15 is 0 Å². The summed E-state index contributed by atoms with van der Waals surface area (Å²) in [5.41, 5.74) is 3.20. The molecule has 2 aromatic rings.